The van der Waals surface area contributed by atoms with Crippen LogP contribution < -0.4 is 5.32 Å². The first-order valence-corrected chi connectivity index (χ1v) is 10.00. The molecule has 1 aliphatic heterocycles. The molecule has 9 heteroatoms. The van der Waals surface area contributed by atoms with Gasteiger partial charge in [-0.15, -0.1) is 0 Å². The minimum Gasteiger partial charge on any atom is -0.469 e. The zero-order valence-electron chi connectivity index (χ0n) is 17.2. The lowest BCUT2D eigenvalue weighted by Gasteiger charge is -2.35. The van der Waals surface area contributed by atoms with Crippen LogP contribution in [0.4, 0.5) is 9.18 Å². The highest BCUT2D eigenvalue weighted by molar-refractivity contribution is 6.09. The summed E-state index contributed by atoms with van der Waals surface area (Å²) in [6, 6.07) is 4.09. The molecule has 162 valence electrons. The van der Waals surface area contributed by atoms with Crippen molar-refractivity contribution in [1.29, 1.82) is 0 Å². The number of ether oxygens (including phenoxy) is 1. The van der Waals surface area contributed by atoms with Crippen molar-refractivity contribution in [3.05, 3.63) is 35.6 Å². The lowest BCUT2D eigenvalue weighted by Crippen LogP contribution is -2.49. The average Bonchev–Trinajstić information content (AvgIpc) is 2.90. The molecule has 1 N–H and O–H groups in total. The van der Waals surface area contributed by atoms with Crippen LogP contribution in [0.3, 0.4) is 0 Å². The number of urea groups is 1. The summed E-state index contributed by atoms with van der Waals surface area (Å²) >= 11 is 0. The predicted molar refractivity (Wildman–Crippen MR) is 105 cm³/mol. The summed E-state index contributed by atoms with van der Waals surface area (Å²) < 4.78 is 17.9. The van der Waals surface area contributed by atoms with Gasteiger partial charge in [-0.05, 0) is 30.5 Å². The van der Waals surface area contributed by atoms with Crippen LogP contribution in [-0.2, 0) is 19.1 Å². The van der Waals surface area contributed by atoms with Crippen molar-refractivity contribution in [2.45, 2.75) is 50.1 Å². The van der Waals surface area contributed by atoms with Crippen molar-refractivity contribution in [3.63, 3.8) is 0 Å². The van der Waals surface area contributed by atoms with Crippen LogP contribution in [0, 0.1) is 5.82 Å². The van der Waals surface area contributed by atoms with Crippen LogP contribution in [-0.4, -0.2) is 59.9 Å². The molecule has 1 unspecified atom stereocenters. The Kier molecular flexibility index (Phi) is 6.38. The molecule has 2 fully saturated rings. The third kappa shape index (κ3) is 4.15. The maximum absolute atomic E-state index is 13.2. The number of benzene rings is 1. The third-order valence-corrected chi connectivity index (χ3v) is 5.99. The van der Waals surface area contributed by atoms with Crippen molar-refractivity contribution < 1.29 is 28.3 Å². The first-order valence-electron chi connectivity index (χ1n) is 10.00. The summed E-state index contributed by atoms with van der Waals surface area (Å²) in [7, 11) is 2.83. The van der Waals surface area contributed by atoms with Crippen molar-refractivity contribution in [3.8, 4) is 0 Å². The molecule has 0 aromatic heterocycles. The number of methoxy groups -OCH3 is 1. The largest absolute Gasteiger partial charge is 0.469 e. The van der Waals surface area contributed by atoms with E-state index in [-0.39, 0.29) is 12.3 Å². The topological polar surface area (TPSA) is 96.0 Å². The highest BCUT2D eigenvalue weighted by Crippen LogP contribution is 2.39. The molecule has 1 heterocycles. The minimum absolute atomic E-state index is 0.167. The summed E-state index contributed by atoms with van der Waals surface area (Å²) in [6.45, 7) is -0.442. The minimum atomic E-state index is -0.863. The fraction of sp³-hybridized carbons (Fsp3) is 0.524. The van der Waals surface area contributed by atoms with Gasteiger partial charge in [0.25, 0.3) is 5.91 Å². The molecule has 3 rings (SSSR count). The van der Waals surface area contributed by atoms with Gasteiger partial charge in [-0.25, -0.2) is 9.18 Å². The highest BCUT2D eigenvalue weighted by atomic mass is 19.1. The van der Waals surface area contributed by atoms with Crippen molar-refractivity contribution in [2.24, 2.45) is 0 Å². The van der Waals surface area contributed by atoms with E-state index in [0.717, 1.165) is 24.2 Å². The number of likely N-dealkylation sites (N-methyl/N-ethyl adjacent to an activating group) is 1. The number of rotatable bonds is 6. The molecule has 0 bridgehead atoms. The van der Waals surface area contributed by atoms with Gasteiger partial charge in [-0.2, -0.15) is 0 Å². The van der Waals surface area contributed by atoms with Gasteiger partial charge < -0.3 is 15.0 Å². The van der Waals surface area contributed by atoms with Gasteiger partial charge in [0.15, 0.2) is 0 Å². The molecule has 1 saturated heterocycles. The molecule has 8 nitrogen and oxygen atoms in total. The van der Waals surface area contributed by atoms with Crippen LogP contribution in [0.25, 0.3) is 0 Å². The fourth-order valence-electron chi connectivity index (χ4n) is 4.25. The van der Waals surface area contributed by atoms with Crippen LogP contribution in [0.1, 0.15) is 50.1 Å². The average molecular weight is 419 g/mol. The van der Waals surface area contributed by atoms with E-state index in [2.05, 4.69) is 10.1 Å². The molecule has 1 aliphatic carbocycles. The standard InChI is InChI=1S/C21H26FN3O5/c1-24-20(29)25(19(28)21(24)10-4-3-5-11-21)13-17(26)23-16(12-18(27)30-2)14-6-8-15(22)9-7-14/h6-9,16H,3-5,10-13H2,1-2H3,(H,23,26). The molecule has 1 aromatic carbocycles. The Morgan fingerprint density at radius 2 is 1.80 bits per heavy atom. The van der Waals surface area contributed by atoms with E-state index >= 15 is 0 Å². The second-order valence-electron chi connectivity index (χ2n) is 7.78. The summed E-state index contributed by atoms with van der Waals surface area (Å²) in [5, 5.41) is 2.67. The van der Waals surface area contributed by atoms with Gasteiger partial charge in [0.1, 0.15) is 17.9 Å². The van der Waals surface area contributed by atoms with Gasteiger partial charge >= 0.3 is 12.0 Å². The number of hydrogen-bond donors (Lipinski definition) is 1. The summed E-state index contributed by atoms with van der Waals surface area (Å²) in [4.78, 5) is 52.6. The molecule has 1 spiro atoms. The maximum Gasteiger partial charge on any atom is 0.327 e. The van der Waals surface area contributed by atoms with Gasteiger partial charge in [0.05, 0.1) is 19.6 Å². The fourth-order valence-corrected chi connectivity index (χ4v) is 4.25. The third-order valence-electron chi connectivity index (χ3n) is 5.99. The molecule has 1 saturated carbocycles. The molecule has 4 amide bonds. The lowest BCUT2D eigenvalue weighted by molar-refractivity contribution is -0.142. The van der Waals surface area contributed by atoms with Crippen molar-refractivity contribution in [2.75, 3.05) is 20.7 Å². The Morgan fingerprint density at radius 1 is 1.17 bits per heavy atom. The number of esters is 1. The molecular weight excluding hydrogens is 393 g/mol. The Labute approximate surface area is 174 Å². The molecule has 30 heavy (non-hydrogen) atoms. The molecule has 0 radical (unpaired) electrons. The number of amides is 4. The number of nitrogens with zero attached hydrogens (tertiary/aromatic N) is 2. The first kappa shape index (κ1) is 21.7. The first-order chi connectivity index (χ1) is 14.3. The van der Waals surface area contributed by atoms with E-state index in [0.29, 0.717) is 18.4 Å². The normalized spacial score (nSPS) is 19.2. The Hall–Kier alpha value is -2.97. The molecule has 1 atom stereocenters. The Balaban J connectivity index is 1.73. The number of carbonyl (C=O) groups is 4. The number of carbonyl (C=O) groups excluding carboxylic acids is 4. The van der Waals surface area contributed by atoms with Crippen LogP contribution >= 0.6 is 0 Å². The molecular formula is C21H26FN3O5. The monoisotopic (exact) mass is 419 g/mol. The van der Waals surface area contributed by atoms with Crippen LogP contribution in [0.15, 0.2) is 24.3 Å². The van der Waals surface area contributed by atoms with E-state index in [9.17, 15) is 23.6 Å². The van der Waals surface area contributed by atoms with Gasteiger partial charge in [0.2, 0.25) is 5.91 Å². The smallest absolute Gasteiger partial charge is 0.327 e. The Morgan fingerprint density at radius 3 is 2.40 bits per heavy atom. The van der Waals surface area contributed by atoms with E-state index in [1.807, 2.05) is 0 Å². The van der Waals surface area contributed by atoms with Gasteiger partial charge in [-0.1, -0.05) is 31.4 Å². The Bertz CT molecular complexity index is 836. The molecule has 1 aromatic rings. The van der Waals surface area contributed by atoms with E-state index in [1.165, 1.54) is 36.3 Å². The van der Waals surface area contributed by atoms with E-state index in [1.54, 1.807) is 7.05 Å². The number of nitrogens with one attached hydrogen (secondary N) is 1. The van der Waals surface area contributed by atoms with Gasteiger partial charge in [0, 0.05) is 7.05 Å². The van der Waals surface area contributed by atoms with Crippen LogP contribution in [0.2, 0.25) is 0 Å². The zero-order valence-corrected chi connectivity index (χ0v) is 17.2. The SMILES string of the molecule is COC(=O)CC(NC(=O)CN1C(=O)N(C)C2(CCCCC2)C1=O)c1ccc(F)cc1. The van der Waals surface area contributed by atoms with E-state index in [4.69, 9.17) is 0 Å². The summed E-state index contributed by atoms with van der Waals surface area (Å²) in [5.41, 5.74) is -0.354. The maximum atomic E-state index is 13.2. The number of halogens is 1. The number of imide groups is 1. The van der Waals surface area contributed by atoms with Gasteiger partial charge in [-0.3, -0.25) is 19.3 Å². The highest BCUT2D eigenvalue weighted by Gasteiger charge is 2.55. The van der Waals surface area contributed by atoms with Crippen LogP contribution in [0.5, 0.6) is 0 Å². The van der Waals surface area contributed by atoms with Crippen molar-refractivity contribution >= 4 is 23.8 Å². The second-order valence-corrected chi connectivity index (χ2v) is 7.78. The van der Waals surface area contributed by atoms with E-state index < -0.39 is 41.9 Å². The zero-order chi connectivity index (χ0) is 21.9. The second kappa shape index (κ2) is 8.81. The number of hydrogen-bond acceptors (Lipinski definition) is 5. The quantitative estimate of drug-likeness (QED) is 0.563. The molecule has 2 aliphatic rings. The predicted octanol–water partition coefficient (Wildman–Crippen LogP) is 2.14. The summed E-state index contributed by atoms with van der Waals surface area (Å²) in [6.07, 6.45) is 3.74. The lowest BCUT2D eigenvalue weighted by atomic mass is 9.81. The van der Waals surface area contributed by atoms with Crippen molar-refractivity contribution in [1.82, 2.24) is 15.1 Å². The summed E-state index contributed by atoms with van der Waals surface area (Å²) in [5.74, 6) is -1.94.